The number of benzene rings is 1. The molecule has 1 aromatic heterocycles. The molecule has 11 nitrogen and oxygen atoms in total. The van der Waals surface area contributed by atoms with Crippen molar-refractivity contribution < 1.29 is 29.6 Å². The summed E-state index contributed by atoms with van der Waals surface area (Å²) in [6.07, 6.45) is -2.98. The number of nitrogens with zero attached hydrogens (tertiary/aromatic N) is 4. The molecule has 0 amide bonds. The summed E-state index contributed by atoms with van der Waals surface area (Å²) in [5, 5.41) is 29.5. The first-order valence-corrected chi connectivity index (χ1v) is 8.98. The van der Waals surface area contributed by atoms with E-state index < -0.39 is 43.5 Å². The predicted octanol–water partition coefficient (Wildman–Crippen LogP) is -0.969. The van der Waals surface area contributed by atoms with E-state index in [-0.39, 0.29) is 0 Å². The molecule has 1 aromatic carbocycles. The van der Waals surface area contributed by atoms with Gasteiger partial charge < -0.3 is 30.5 Å². The summed E-state index contributed by atoms with van der Waals surface area (Å²) in [7, 11) is 0. The number of ether oxygens (including phenoxy) is 2. The van der Waals surface area contributed by atoms with Crippen molar-refractivity contribution in [3.63, 3.8) is 0 Å². The van der Waals surface area contributed by atoms with Gasteiger partial charge in [-0.3, -0.25) is 14.3 Å². The lowest BCUT2D eigenvalue weighted by atomic mass is 10.1. The lowest BCUT2D eigenvalue weighted by Crippen LogP contribution is -2.46. The third-order valence-electron chi connectivity index (χ3n) is 4.91. The molecular weight excluding hydrogens is 382 g/mol. The first kappa shape index (κ1) is 19.5. The summed E-state index contributed by atoms with van der Waals surface area (Å²) in [6, 6.07) is 8.81. The zero-order chi connectivity index (χ0) is 20.5. The molecule has 2 aliphatic heterocycles. The minimum Gasteiger partial charge on any atom is -0.463 e. The first-order valence-electron chi connectivity index (χ1n) is 8.98. The van der Waals surface area contributed by atoms with E-state index in [1.807, 2.05) is 6.07 Å². The largest absolute Gasteiger partial charge is 0.463 e. The van der Waals surface area contributed by atoms with Crippen molar-refractivity contribution in [2.24, 2.45) is 10.7 Å². The zero-order valence-electron chi connectivity index (χ0n) is 15.2. The Morgan fingerprint density at radius 1 is 1.28 bits per heavy atom. The van der Waals surface area contributed by atoms with Gasteiger partial charge in [0.25, 0.3) is 0 Å². The van der Waals surface area contributed by atoms with Crippen LogP contribution in [-0.2, 0) is 9.53 Å². The molecule has 4 rings (SSSR count). The molecule has 2 aromatic rings. The minimum atomic E-state index is -1.28. The molecule has 1 fully saturated rings. The number of aliphatic imine (C=N–C) groups is 1. The number of aldehydes is 1. The van der Waals surface area contributed by atoms with E-state index >= 15 is 0 Å². The number of aliphatic hydroxyl groups is 3. The summed E-state index contributed by atoms with van der Waals surface area (Å²) in [5.41, 5.74) is 6.62. The molecule has 3 heterocycles. The lowest BCUT2D eigenvalue weighted by molar-refractivity contribution is -0.119. The molecule has 0 radical (unpaired) electrons. The van der Waals surface area contributed by atoms with Gasteiger partial charge in [0, 0.05) is 0 Å². The topological polar surface area (TPSA) is 156 Å². The number of imidazole rings is 1. The van der Waals surface area contributed by atoms with E-state index in [4.69, 9.17) is 15.2 Å². The van der Waals surface area contributed by atoms with Gasteiger partial charge in [0.2, 0.25) is 6.23 Å². The van der Waals surface area contributed by atoms with Crippen LogP contribution in [0.4, 0.5) is 5.82 Å². The van der Waals surface area contributed by atoms with Crippen LogP contribution in [0.5, 0.6) is 5.75 Å². The molecule has 11 heteroatoms. The van der Waals surface area contributed by atoms with Crippen LogP contribution >= 0.6 is 0 Å². The maximum absolute atomic E-state index is 11.6. The average molecular weight is 403 g/mol. The van der Waals surface area contributed by atoms with Crippen molar-refractivity contribution >= 4 is 18.4 Å². The maximum atomic E-state index is 11.6. The van der Waals surface area contributed by atoms with Crippen molar-refractivity contribution in [2.75, 3.05) is 6.61 Å². The first-order chi connectivity index (χ1) is 14.0. The van der Waals surface area contributed by atoms with Crippen molar-refractivity contribution in [3.8, 4) is 5.75 Å². The summed E-state index contributed by atoms with van der Waals surface area (Å²) < 4.78 is 12.6. The van der Waals surface area contributed by atoms with E-state index in [1.165, 1.54) is 22.1 Å². The van der Waals surface area contributed by atoms with Crippen LogP contribution < -0.4 is 10.5 Å². The number of nitrogens with two attached hydrogens (primary N) is 1. The maximum Gasteiger partial charge on any atom is 0.231 e. The number of hydrogen-bond acceptors (Lipinski definition) is 10. The quantitative estimate of drug-likeness (QED) is 0.446. The van der Waals surface area contributed by atoms with Crippen LogP contribution in [-0.4, -0.2) is 73.5 Å². The smallest absolute Gasteiger partial charge is 0.231 e. The molecule has 0 aliphatic carbocycles. The van der Waals surface area contributed by atoms with E-state index in [9.17, 15) is 20.1 Å². The fraction of sp³-hybridized carbons (Fsp3) is 0.389. The van der Waals surface area contributed by atoms with E-state index in [0.717, 1.165) is 0 Å². The van der Waals surface area contributed by atoms with Crippen LogP contribution in [0.3, 0.4) is 0 Å². The second-order valence-corrected chi connectivity index (χ2v) is 6.68. The number of hydrogen-bond donors (Lipinski definition) is 4. The fourth-order valence-electron chi connectivity index (χ4n) is 3.36. The van der Waals surface area contributed by atoms with Crippen molar-refractivity contribution in [2.45, 2.75) is 36.9 Å². The fourth-order valence-corrected chi connectivity index (χ4v) is 3.36. The number of aliphatic hydroxyl groups excluding tert-OH is 3. The van der Waals surface area contributed by atoms with Crippen LogP contribution in [0.15, 0.2) is 41.7 Å². The van der Waals surface area contributed by atoms with Gasteiger partial charge in [-0.15, -0.1) is 0 Å². The molecule has 2 aliphatic rings. The standard InChI is InChI=1S/C18H21N5O6/c19-16-13-17(23(8-20-13)18-15(27)14(26)11(6-24)29-18)21-9-22(16)12(7-25)28-10-4-2-1-3-5-10/h1-5,7-9,11-12,14-16,18,24,26-27H,6,19H2/t11-,12?,14?,15?,16?,18-/m1/s1. The Hall–Kier alpha value is -2.83. The molecule has 4 unspecified atom stereocenters. The summed E-state index contributed by atoms with van der Waals surface area (Å²) >= 11 is 0. The highest BCUT2D eigenvalue weighted by molar-refractivity contribution is 5.71. The molecule has 1 saturated heterocycles. The van der Waals surface area contributed by atoms with Crippen LogP contribution in [0, 0.1) is 0 Å². The number of carbonyl (C=O) groups is 1. The molecule has 0 spiro atoms. The summed E-state index contributed by atoms with van der Waals surface area (Å²) in [5.74, 6) is 0.806. The van der Waals surface area contributed by atoms with Gasteiger partial charge in [-0.1, -0.05) is 18.2 Å². The molecule has 154 valence electrons. The Labute approximate surface area is 165 Å². The van der Waals surface area contributed by atoms with Gasteiger partial charge in [-0.2, -0.15) is 0 Å². The number of carbonyl (C=O) groups excluding carboxylic acids is 1. The summed E-state index contributed by atoms with van der Waals surface area (Å²) in [6.45, 7) is -0.444. The van der Waals surface area contributed by atoms with Crippen LogP contribution in [0.25, 0.3) is 0 Å². The second-order valence-electron chi connectivity index (χ2n) is 6.68. The summed E-state index contributed by atoms with van der Waals surface area (Å²) in [4.78, 5) is 21.6. The van der Waals surface area contributed by atoms with Gasteiger partial charge in [0.1, 0.15) is 35.9 Å². The second kappa shape index (κ2) is 7.89. The van der Waals surface area contributed by atoms with E-state index in [1.54, 1.807) is 24.3 Å². The van der Waals surface area contributed by atoms with E-state index in [2.05, 4.69) is 9.98 Å². The molecule has 0 saturated carbocycles. The Morgan fingerprint density at radius 2 is 2.03 bits per heavy atom. The van der Waals surface area contributed by atoms with Crippen molar-refractivity contribution in [3.05, 3.63) is 42.4 Å². The number of rotatable bonds is 6. The highest BCUT2D eigenvalue weighted by Crippen LogP contribution is 2.37. The SMILES string of the molecule is NC1c2ncn([C@@H]3O[C@H](CO)C(O)C3O)c2N=CN1C(C=O)Oc1ccccc1. The van der Waals surface area contributed by atoms with Crippen LogP contribution in [0.2, 0.25) is 0 Å². The van der Waals surface area contributed by atoms with Crippen LogP contribution in [0.1, 0.15) is 18.1 Å². The highest BCUT2D eigenvalue weighted by atomic mass is 16.6. The minimum absolute atomic E-state index is 0.313. The zero-order valence-corrected chi connectivity index (χ0v) is 15.2. The molecule has 6 atom stereocenters. The average Bonchev–Trinajstić information content (AvgIpc) is 3.29. The molecule has 29 heavy (non-hydrogen) atoms. The monoisotopic (exact) mass is 403 g/mol. The number of para-hydroxylation sites is 1. The van der Waals surface area contributed by atoms with Gasteiger partial charge in [0.15, 0.2) is 18.3 Å². The Balaban J connectivity index is 1.57. The third-order valence-corrected chi connectivity index (χ3v) is 4.91. The highest BCUT2D eigenvalue weighted by Gasteiger charge is 2.45. The Bertz CT molecular complexity index is 890. The van der Waals surface area contributed by atoms with Gasteiger partial charge in [-0.25, -0.2) is 9.98 Å². The number of aromatic nitrogens is 2. The van der Waals surface area contributed by atoms with Gasteiger partial charge in [-0.05, 0) is 12.1 Å². The predicted molar refractivity (Wildman–Crippen MR) is 99.1 cm³/mol. The number of fused-ring (bicyclic) bond motifs is 1. The Morgan fingerprint density at radius 3 is 2.69 bits per heavy atom. The lowest BCUT2D eigenvalue weighted by Gasteiger charge is -2.33. The molecule has 5 N–H and O–H groups in total. The van der Waals surface area contributed by atoms with Crippen molar-refractivity contribution in [1.29, 1.82) is 0 Å². The molecule has 0 bridgehead atoms. The van der Waals surface area contributed by atoms with Gasteiger partial charge in [0.05, 0.1) is 19.3 Å². The normalized spacial score (nSPS) is 29.5. The Kier molecular flexibility index (Phi) is 5.30. The van der Waals surface area contributed by atoms with E-state index in [0.29, 0.717) is 23.5 Å². The third kappa shape index (κ3) is 3.39. The van der Waals surface area contributed by atoms with Crippen molar-refractivity contribution in [1.82, 2.24) is 14.5 Å². The van der Waals surface area contributed by atoms with Gasteiger partial charge >= 0.3 is 0 Å². The molecular formula is C18H21N5O6.